The molecule has 2 aromatic heterocycles. The molecule has 2 aromatic rings. The van der Waals surface area contributed by atoms with Crippen LogP contribution in [0.3, 0.4) is 0 Å². The molecule has 2 heteroatoms. The Bertz CT molecular complexity index is 380. The highest BCUT2D eigenvalue weighted by atomic mass is 32.1. The Morgan fingerprint density at radius 2 is 1.73 bits per heavy atom. The van der Waals surface area contributed by atoms with Crippen LogP contribution < -0.4 is 0 Å². The van der Waals surface area contributed by atoms with Gasteiger partial charge in [-0.25, -0.2) is 0 Å². The highest BCUT2D eigenvalue weighted by Crippen LogP contribution is 2.12. The van der Waals surface area contributed by atoms with E-state index in [0.717, 1.165) is 5.69 Å². The predicted octanol–water partition coefficient (Wildman–Crippen LogP) is 4.06. The molecule has 0 unspecified atom stereocenters. The van der Waals surface area contributed by atoms with E-state index in [9.17, 15) is 0 Å². The van der Waals surface area contributed by atoms with Gasteiger partial charge >= 0.3 is 0 Å². The van der Waals surface area contributed by atoms with Crippen molar-refractivity contribution in [3.8, 4) is 0 Å². The monoisotopic (exact) mass is 219 g/mol. The Kier molecular flexibility index (Phi) is 4.50. The van der Waals surface area contributed by atoms with Crippen LogP contribution in [0.1, 0.15) is 21.7 Å². The lowest BCUT2D eigenvalue weighted by atomic mass is 10.2. The van der Waals surface area contributed by atoms with Crippen molar-refractivity contribution in [3.05, 3.63) is 51.5 Å². The van der Waals surface area contributed by atoms with Crippen molar-refractivity contribution in [2.24, 2.45) is 0 Å². The first kappa shape index (κ1) is 11.9. The van der Waals surface area contributed by atoms with E-state index in [0.29, 0.717) is 0 Å². The van der Waals surface area contributed by atoms with Crippen LogP contribution in [0.15, 0.2) is 29.8 Å². The average Bonchev–Trinajstić information content (AvgIpc) is 2.57. The quantitative estimate of drug-likeness (QED) is 0.651. The first-order chi connectivity index (χ1) is 7.11. The summed E-state index contributed by atoms with van der Waals surface area (Å²) in [5.74, 6) is 0. The zero-order valence-electron chi connectivity index (χ0n) is 9.74. The molecule has 1 nitrogen and oxygen atoms in total. The normalized spacial score (nSPS) is 9.33. The van der Waals surface area contributed by atoms with Gasteiger partial charge in [-0.3, -0.25) is 4.98 Å². The second-order valence-electron chi connectivity index (χ2n) is 3.57. The van der Waals surface area contributed by atoms with Gasteiger partial charge in [-0.2, -0.15) is 0 Å². The van der Waals surface area contributed by atoms with Crippen LogP contribution in [0.5, 0.6) is 0 Å². The predicted molar refractivity (Wildman–Crippen MR) is 67.5 cm³/mol. The number of pyridine rings is 1. The third kappa shape index (κ3) is 3.84. The summed E-state index contributed by atoms with van der Waals surface area (Å²) >= 11 is 1.80. The SMILES string of the molecule is Cc1cccnc1C.Cc1ccsc1C. The van der Waals surface area contributed by atoms with Gasteiger partial charge in [-0.1, -0.05) is 6.07 Å². The highest BCUT2D eigenvalue weighted by molar-refractivity contribution is 7.10. The minimum absolute atomic E-state index is 1.12. The molecule has 0 bridgehead atoms. The van der Waals surface area contributed by atoms with Crippen LogP contribution in [-0.4, -0.2) is 4.98 Å². The Balaban J connectivity index is 0.000000151. The fourth-order valence-corrected chi connectivity index (χ4v) is 1.74. The molecule has 0 aliphatic rings. The first-order valence-electron chi connectivity index (χ1n) is 5.00. The minimum atomic E-state index is 1.12. The standard InChI is InChI=1S/C7H9N.C6H8S/c1-6-4-3-5-8-7(6)2;1-5-3-4-7-6(5)2/h3-5H,1-2H3;3-4H,1-2H3. The maximum absolute atomic E-state index is 4.08. The number of thiophene rings is 1. The molecule has 0 aromatic carbocycles. The summed E-state index contributed by atoms with van der Waals surface area (Å²) in [7, 11) is 0. The Morgan fingerprint density at radius 1 is 1.00 bits per heavy atom. The van der Waals surface area contributed by atoms with E-state index in [1.54, 1.807) is 11.3 Å². The van der Waals surface area contributed by atoms with Gasteiger partial charge in [-0.05, 0) is 56.3 Å². The molecule has 0 saturated carbocycles. The third-order valence-corrected chi connectivity index (χ3v) is 3.34. The Morgan fingerprint density at radius 3 is 2.00 bits per heavy atom. The van der Waals surface area contributed by atoms with E-state index in [-0.39, 0.29) is 0 Å². The lowest BCUT2D eigenvalue weighted by molar-refractivity contribution is 1.15. The number of hydrogen-bond donors (Lipinski definition) is 0. The van der Waals surface area contributed by atoms with Gasteiger partial charge in [0.15, 0.2) is 0 Å². The molecule has 0 aliphatic carbocycles. The maximum Gasteiger partial charge on any atom is 0.0401 e. The van der Waals surface area contributed by atoms with Gasteiger partial charge in [0.2, 0.25) is 0 Å². The highest BCUT2D eigenvalue weighted by Gasteiger charge is 1.87. The van der Waals surface area contributed by atoms with Gasteiger partial charge in [0.25, 0.3) is 0 Å². The fraction of sp³-hybridized carbons (Fsp3) is 0.308. The van der Waals surface area contributed by atoms with Gasteiger partial charge in [0.1, 0.15) is 0 Å². The van der Waals surface area contributed by atoms with Crippen molar-refractivity contribution in [1.29, 1.82) is 0 Å². The second kappa shape index (κ2) is 5.66. The summed E-state index contributed by atoms with van der Waals surface area (Å²) < 4.78 is 0. The van der Waals surface area contributed by atoms with Gasteiger partial charge < -0.3 is 0 Å². The fourth-order valence-electron chi connectivity index (χ4n) is 1.01. The van der Waals surface area contributed by atoms with Crippen LogP contribution in [0.2, 0.25) is 0 Å². The lowest BCUT2D eigenvalue weighted by Crippen LogP contribution is -1.81. The van der Waals surface area contributed by atoms with E-state index in [1.807, 2.05) is 19.2 Å². The molecule has 0 saturated heterocycles. The largest absolute Gasteiger partial charge is 0.261 e. The zero-order valence-corrected chi connectivity index (χ0v) is 10.6. The van der Waals surface area contributed by atoms with Crippen LogP contribution in [0.25, 0.3) is 0 Å². The molecule has 15 heavy (non-hydrogen) atoms. The van der Waals surface area contributed by atoms with Gasteiger partial charge in [-0.15, -0.1) is 11.3 Å². The number of aromatic nitrogens is 1. The molecule has 2 rings (SSSR count). The number of aryl methyl sites for hydroxylation is 4. The Labute approximate surface area is 95.8 Å². The van der Waals surface area contributed by atoms with Gasteiger partial charge in [0, 0.05) is 16.8 Å². The topological polar surface area (TPSA) is 12.9 Å². The van der Waals surface area contributed by atoms with Crippen molar-refractivity contribution in [3.63, 3.8) is 0 Å². The average molecular weight is 219 g/mol. The van der Waals surface area contributed by atoms with Crippen LogP contribution in [-0.2, 0) is 0 Å². The molecule has 80 valence electrons. The van der Waals surface area contributed by atoms with E-state index in [2.05, 4.69) is 43.3 Å². The maximum atomic E-state index is 4.08. The van der Waals surface area contributed by atoms with E-state index >= 15 is 0 Å². The molecule has 0 atom stereocenters. The van der Waals surface area contributed by atoms with Crippen LogP contribution in [0.4, 0.5) is 0 Å². The molecule has 0 amide bonds. The first-order valence-corrected chi connectivity index (χ1v) is 5.88. The lowest BCUT2D eigenvalue weighted by Gasteiger charge is -1.92. The second-order valence-corrected chi connectivity index (χ2v) is 4.69. The zero-order chi connectivity index (χ0) is 11.3. The summed E-state index contributed by atoms with van der Waals surface area (Å²) in [5.41, 5.74) is 3.78. The van der Waals surface area contributed by atoms with Crippen molar-refractivity contribution in [2.75, 3.05) is 0 Å². The minimum Gasteiger partial charge on any atom is -0.261 e. The molecule has 0 radical (unpaired) electrons. The smallest absolute Gasteiger partial charge is 0.0401 e. The molecule has 0 N–H and O–H groups in total. The van der Waals surface area contributed by atoms with Crippen LogP contribution in [0, 0.1) is 27.7 Å². The molecular formula is C13H17NS. The summed E-state index contributed by atoms with van der Waals surface area (Å²) in [4.78, 5) is 5.51. The van der Waals surface area contributed by atoms with E-state index in [1.165, 1.54) is 16.0 Å². The van der Waals surface area contributed by atoms with Crippen molar-refractivity contribution in [2.45, 2.75) is 27.7 Å². The number of rotatable bonds is 0. The van der Waals surface area contributed by atoms with Gasteiger partial charge in [0.05, 0.1) is 0 Å². The van der Waals surface area contributed by atoms with Crippen molar-refractivity contribution < 1.29 is 0 Å². The summed E-state index contributed by atoms with van der Waals surface area (Å²) in [6, 6.07) is 6.14. The van der Waals surface area contributed by atoms with E-state index < -0.39 is 0 Å². The summed E-state index contributed by atoms with van der Waals surface area (Å²) in [6.45, 7) is 8.34. The van der Waals surface area contributed by atoms with Crippen molar-refractivity contribution >= 4 is 11.3 Å². The van der Waals surface area contributed by atoms with Crippen molar-refractivity contribution in [1.82, 2.24) is 4.98 Å². The Hall–Kier alpha value is -1.15. The number of nitrogens with zero attached hydrogens (tertiary/aromatic N) is 1. The summed E-state index contributed by atoms with van der Waals surface area (Å²) in [5, 5.41) is 2.12. The number of hydrogen-bond acceptors (Lipinski definition) is 2. The molecule has 0 fully saturated rings. The van der Waals surface area contributed by atoms with Crippen LogP contribution >= 0.6 is 11.3 Å². The molecule has 0 spiro atoms. The molecule has 2 heterocycles. The molecule has 0 aliphatic heterocycles. The third-order valence-electron chi connectivity index (χ3n) is 2.39. The molecular weight excluding hydrogens is 202 g/mol. The van der Waals surface area contributed by atoms with E-state index in [4.69, 9.17) is 0 Å². The summed E-state index contributed by atoms with van der Waals surface area (Å²) in [6.07, 6.45) is 1.81.